The van der Waals surface area contributed by atoms with Crippen molar-refractivity contribution < 1.29 is 9.47 Å². The van der Waals surface area contributed by atoms with Gasteiger partial charge >= 0.3 is 0 Å². The number of hydrogen-bond donors (Lipinski definition) is 1. The SMILES string of the molecule is COc1cc(Cl)c(C)cc1NCC1CCOC1. The minimum atomic E-state index is 0.593. The molecule has 4 heteroatoms. The molecule has 1 aliphatic rings. The van der Waals surface area contributed by atoms with E-state index in [4.69, 9.17) is 21.1 Å². The van der Waals surface area contributed by atoms with E-state index < -0.39 is 0 Å². The van der Waals surface area contributed by atoms with E-state index >= 15 is 0 Å². The van der Waals surface area contributed by atoms with Gasteiger partial charge in [0.25, 0.3) is 0 Å². The lowest BCUT2D eigenvalue weighted by molar-refractivity contribution is 0.187. The summed E-state index contributed by atoms with van der Waals surface area (Å²) in [4.78, 5) is 0. The van der Waals surface area contributed by atoms with Gasteiger partial charge in [0.1, 0.15) is 5.75 Å². The highest BCUT2D eigenvalue weighted by atomic mass is 35.5. The van der Waals surface area contributed by atoms with E-state index in [2.05, 4.69) is 5.32 Å². The molecule has 1 aromatic rings. The van der Waals surface area contributed by atoms with E-state index in [1.807, 2.05) is 19.1 Å². The minimum absolute atomic E-state index is 0.593. The van der Waals surface area contributed by atoms with E-state index in [1.165, 1.54) is 0 Å². The zero-order valence-corrected chi connectivity index (χ0v) is 11.0. The molecule has 1 atom stereocenters. The highest BCUT2D eigenvalue weighted by Crippen LogP contribution is 2.31. The molecule has 1 fully saturated rings. The van der Waals surface area contributed by atoms with Gasteiger partial charge in [0, 0.05) is 30.2 Å². The fourth-order valence-corrected chi connectivity index (χ4v) is 2.12. The number of hydrogen-bond acceptors (Lipinski definition) is 3. The molecule has 1 saturated heterocycles. The lowest BCUT2D eigenvalue weighted by atomic mass is 10.1. The monoisotopic (exact) mass is 255 g/mol. The van der Waals surface area contributed by atoms with Crippen molar-refractivity contribution in [1.29, 1.82) is 0 Å². The zero-order chi connectivity index (χ0) is 12.3. The number of aryl methyl sites for hydroxylation is 1. The summed E-state index contributed by atoms with van der Waals surface area (Å²) in [5.41, 5.74) is 2.05. The molecule has 1 aromatic carbocycles. The van der Waals surface area contributed by atoms with Crippen LogP contribution in [0, 0.1) is 12.8 Å². The summed E-state index contributed by atoms with van der Waals surface area (Å²) < 4.78 is 10.7. The maximum atomic E-state index is 6.06. The van der Waals surface area contributed by atoms with Gasteiger partial charge in [-0.05, 0) is 25.0 Å². The van der Waals surface area contributed by atoms with E-state index in [-0.39, 0.29) is 0 Å². The van der Waals surface area contributed by atoms with Crippen LogP contribution in [0.15, 0.2) is 12.1 Å². The standard InChI is InChI=1S/C13H18ClNO2/c1-9-5-12(13(16-2)6-11(9)14)15-7-10-3-4-17-8-10/h5-6,10,15H,3-4,7-8H2,1-2H3. The number of anilines is 1. The van der Waals surface area contributed by atoms with Gasteiger partial charge in [-0.1, -0.05) is 11.6 Å². The predicted molar refractivity (Wildman–Crippen MR) is 70.2 cm³/mol. The van der Waals surface area contributed by atoms with Gasteiger partial charge in [0.15, 0.2) is 0 Å². The molecule has 0 amide bonds. The van der Waals surface area contributed by atoms with Gasteiger partial charge in [0.05, 0.1) is 19.4 Å². The van der Waals surface area contributed by atoms with Gasteiger partial charge in [-0.25, -0.2) is 0 Å². The van der Waals surface area contributed by atoms with Crippen LogP contribution >= 0.6 is 11.6 Å². The van der Waals surface area contributed by atoms with Crippen molar-refractivity contribution >= 4 is 17.3 Å². The Hall–Kier alpha value is -0.930. The Morgan fingerprint density at radius 2 is 2.35 bits per heavy atom. The Morgan fingerprint density at radius 1 is 1.53 bits per heavy atom. The molecule has 0 saturated carbocycles. The quantitative estimate of drug-likeness (QED) is 0.897. The fraction of sp³-hybridized carbons (Fsp3) is 0.538. The van der Waals surface area contributed by atoms with Crippen molar-refractivity contribution in [3.8, 4) is 5.75 Å². The molecule has 3 nitrogen and oxygen atoms in total. The zero-order valence-electron chi connectivity index (χ0n) is 10.3. The smallest absolute Gasteiger partial charge is 0.143 e. The molecular weight excluding hydrogens is 238 g/mol. The minimum Gasteiger partial charge on any atom is -0.495 e. The first kappa shape index (κ1) is 12.5. The van der Waals surface area contributed by atoms with Gasteiger partial charge < -0.3 is 14.8 Å². The maximum Gasteiger partial charge on any atom is 0.143 e. The molecule has 1 unspecified atom stereocenters. The van der Waals surface area contributed by atoms with Crippen molar-refractivity contribution in [2.75, 3.05) is 32.2 Å². The molecule has 2 rings (SSSR count). The number of nitrogens with one attached hydrogen (secondary N) is 1. The predicted octanol–water partition coefficient (Wildman–Crippen LogP) is 3.11. The Kier molecular flexibility index (Phi) is 4.13. The van der Waals surface area contributed by atoms with E-state index in [1.54, 1.807) is 7.11 Å². The first-order valence-electron chi connectivity index (χ1n) is 5.86. The Labute approximate surface area is 107 Å². The topological polar surface area (TPSA) is 30.5 Å². The second-order valence-corrected chi connectivity index (χ2v) is 4.82. The number of rotatable bonds is 4. The molecule has 17 heavy (non-hydrogen) atoms. The molecular formula is C13H18ClNO2. The third-order valence-corrected chi connectivity index (χ3v) is 3.49. The summed E-state index contributed by atoms with van der Waals surface area (Å²) >= 11 is 6.06. The van der Waals surface area contributed by atoms with Crippen LogP contribution in [0.1, 0.15) is 12.0 Å². The average Bonchev–Trinajstić information content (AvgIpc) is 2.83. The number of benzene rings is 1. The van der Waals surface area contributed by atoms with E-state index in [0.29, 0.717) is 5.92 Å². The third kappa shape index (κ3) is 3.05. The van der Waals surface area contributed by atoms with Crippen LogP contribution in [-0.2, 0) is 4.74 Å². The van der Waals surface area contributed by atoms with Crippen LogP contribution < -0.4 is 10.1 Å². The second kappa shape index (κ2) is 5.61. The molecule has 1 aliphatic heterocycles. The fourth-order valence-electron chi connectivity index (χ4n) is 1.97. The summed E-state index contributed by atoms with van der Waals surface area (Å²) in [6.45, 7) is 4.63. The van der Waals surface area contributed by atoms with E-state index in [0.717, 1.165) is 48.2 Å². The third-order valence-electron chi connectivity index (χ3n) is 3.09. The van der Waals surface area contributed by atoms with Crippen molar-refractivity contribution in [3.63, 3.8) is 0 Å². The average molecular weight is 256 g/mol. The van der Waals surface area contributed by atoms with Crippen LogP contribution in [0.3, 0.4) is 0 Å². The van der Waals surface area contributed by atoms with Crippen LogP contribution in [0.25, 0.3) is 0 Å². The molecule has 1 heterocycles. The first-order valence-corrected chi connectivity index (χ1v) is 6.24. The van der Waals surface area contributed by atoms with Crippen LogP contribution in [-0.4, -0.2) is 26.9 Å². The molecule has 94 valence electrons. The molecule has 1 N–H and O–H groups in total. The van der Waals surface area contributed by atoms with Crippen LogP contribution in [0.5, 0.6) is 5.75 Å². The Bertz CT molecular complexity index is 389. The summed E-state index contributed by atoms with van der Waals surface area (Å²) in [6.07, 6.45) is 1.13. The van der Waals surface area contributed by atoms with Crippen molar-refractivity contribution in [2.45, 2.75) is 13.3 Å². The van der Waals surface area contributed by atoms with Crippen molar-refractivity contribution in [2.24, 2.45) is 5.92 Å². The van der Waals surface area contributed by atoms with E-state index in [9.17, 15) is 0 Å². The Balaban J connectivity index is 2.05. The molecule has 0 aromatic heterocycles. The molecule has 0 spiro atoms. The first-order chi connectivity index (χ1) is 8.20. The summed E-state index contributed by atoms with van der Waals surface area (Å²) in [5, 5.41) is 4.14. The summed E-state index contributed by atoms with van der Waals surface area (Å²) in [5.74, 6) is 1.38. The molecule has 0 radical (unpaired) electrons. The van der Waals surface area contributed by atoms with Gasteiger partial charge in [-0.2, -0.15) is 0 Å². The molecule has 0 aliphatic carbocycles. The lowest BCUT2D eigenvalue weighted by Crippen LogP contribution is -2.14. The Morgan fingerprint density at radius 3 is 3.00 bits per heavy atom. The highest BCUT2D eigenvalue weighted by molar-refractivity contribution is 6.31. The van der Waals surface area contributed by atoms with Gasteiger partial charge in [-0.3, -0.25) is 0 Å². The normalized spacial score (nSPS) is 19.4. The number of methoxy groups -OCH3 is 1. The highest BCUT2D eigenvalue weighted by Gasteiger charge is 2.16. The van der Waals surface area contributed by atoms with Crippen molar-refractivity contribution in [1.82, 2.24) is 0 Å². The lowest BCUT2D eigenvalue weighted by Gasteiger charge is -2.15. The van der Waals surface area contributed by atoms with Crippen LogP contribution in [0.2, 0.25) is 5.02 Å². The van der Waals surface area contributed by atoms with Gasteiger partial charge in [0.2, 0.25) is 0 Å². The number of ether oxygens (including phenoxy) is 2. The van der Waals surface area contributed by atoms with Gasteiger partial charge in [-0.15, -0.1) is 0 Å². The maximum absolute atomic E-state index is 6.06. The van der Waals surface area contributed by atoms with Crippen LogP contribution in [0.4, 0.5) is 5.69 Å². The van der Waals surface area contributed by atoms with Crippen molar-refractivity contribution in [3.05, 3.63) is 22.7 Å². The largest absolute Gasteiger partial charge is 0.495 e. The second-order valence-electron chi connectivity index (χ2n) is 4.41. The number of halogens is 1. The molecule has 0 bridgehead atoms. The summed E-state index contributed by atoms with van der Waals surface area (Å²) in [7, 11) is 1.66. The summed E-state index contributed by atoms with van der Waals surface area (Å²) in [6, 6.07) is 3.88.